The topological polar surface area (TPSA) is 75.6 Å². The number of methoxy groups -OCH3 is 1. The van der Waals surface area contributed by atoms with E-state index in [1.165, 1.54) is 6.08 Å². The predicted octanol–water partition coefficient (Wildman–Crippen LogP) is 3.40. The Hall–Kier alpha value is -2.79. The fourth-order valence-corrected chi connectivity index (χ4v) is 2.48. The molecule has 5 nitrogen and oxygen atoms in total. The molecule has 0 bridgehead atoms. The zero-order valence-electron chi connectivity index (χ0n) is 14.5. The molecule has 0 saturated carbocycles. The summed E-state index contributed by atoms with van der Waals surface area (Å²) in [6.07, 6.45) is 1.64. The third-order valence-electron chi connectivity index (χ3n) is 3.79. The van der Waals surface area contributed by atoms with E-state index < -0.39 is 17.9 Å². The molecule has 0 unspecified atom stereocenters. The Kier molecular flexibility index (Phi) is 6.81. The molecule has 0 fully saturated rings. The number of halogens is 1. The van der Waals surface area contributed by atoms with Gasteiger partial charge in [-0.05, 0) is 36.3 Å². The van der Waals surface area contributed by atoms with E-state index in [0.29, 0.717) is 5.75 Å². The fourth-order valence-electron chi connectivity index (χ4n) is 2.30. The van der Waals surface area contributed by atoms with Crippen LogP contribution in [0.15, 0.2) is 53.6 Å². The minimum absolute atomic E-state index is 0.0742. The highest BCUT2D eigenvalue weighted by Gasteiger charge is 2.21. The molecular formula is C20H20ClNO4. The molecule has 6 heteroatoms. The van der Waals surface area contributed by atoms with E-state index in [1.54, 1.807) is 31.4 Å². The Labute approximate surface area is 157 Å². The molecule has 0 aliphatic heterocycles. The first-order valence-electron chi connectivity index (χ1n) is 7.99. The maximum absolute atomic E-state index is 12.2. The number of hydrogen-bond acceptors (Lipinski definition) is 3. The van der Waals surface area contributed by atoms with E-state index in [1.807, 2.05) is 31.2 Å². The van der Waals surface area contributed by atoms with Gasteiger partial charge in [-0.15, -0.1) is 0 Å². The second-order valence-electron chi connectivity index (χ2n) is 5.82. The number of amides is 1. The lowest BCUT2D eigenvalue weighted by molar-refractivity contribution is -0.141. The molecule has 0 aliphatic carbocycles. The largest absolute Gasteiger partial charge is 0.497 e. The first-order valence-corrected chi connectivity index (χ1v) is 8.37. The Bertz CT molecular complexity index is 798. The van der Waals surface area contributed by atoms with Crippen molar-refractivity contribution in [1.29, 1.82) is 0 Å². The van der Waals surface area contributed by atoms with Crippen molar-refractivity contribution < 1.29 is 19.4 Å². The van der Waals surface area contributed by atoms with Gasteiger partial charge < -0.3 is 15.2 Å². The van der Waals surface area contributed by atoms with Crippen molar-refractivity contribution in [2.45, 2.75) is 19.4 Å². The highest BCUT2D eigenvalue weighted by Crippen LogP contribution is 2.15. The third kappa shape index (κ3) is 5.63. The number of carbonyl (C=O) groups is 2. The molecule has 2 aromatic carbocycles. The summed E-state index contributed by atoms with van der Waals surface area (Å²) in [4.78, 5) is 23.7. The zero-order valence-corrected chi connectivity index (χ0v) is 15.3. The van der Waals surface area contributed by atoms with Gasteiger partial charge in [-0.2, -0.15) is 0 Å². The van der Waals surface area contributed by atoms with Gasteiger partial charge in [0.25, 0.3) is 5.91 Å². The highest BCUT2D eigenvalue weighted by molar-refractivity contribution is 6.44. The first-order chi connectivity index (χ1) is 12.4. The SMILES string of the molecule is COc1ccc(C[C@@H](NC(=O)C(Cl)=Cc2ccc(C)cc2)C(=O)O)cc1. The molecule has 1 atom stereocenters. The lowest BCUT2D eigenvalue weighted by Gasteiger charge is -2.14. The number of carbonyl (C=O) groups excluding carboxylic acids is 1. The number of aliphatic carboxylic acids is 1. The number of hydrogen-bond donors (Lipinski definition) is 2. The summed E-state index contributed by atoms with van der Waals surface area (Å²) in [7, 11) is 1.55. The van der Waals surface area contributed by atoms with Crippen LogP contribution in [0.2, 0.25) is 0 Å². The van der Waals surface area contributed by atoms with Gasteiger partial charge in [-0.3, -0.25) is 4.79 Å². The molecule has 136 valence electrons. The van der Waals surface area contributed by atoms with Crippen LogP contribution in [0.1, 0.15) is 16.7 Å². The van der Waals surface area contributed by atoms with Crippen molar-refractivity contribution in [2.75, 3.05) is 7.11 Å². The van der Waals surface area contributed by atoms with Crippen molar-refractivity contribution in [1.82, 2.24) is 5.32 Å². The van der Waals surface area contributed by atoms with Gasteiger partial charge in [-0.25, -0.2) is 4.79 Å². The number of nitrogens with one attached hydrogen (secondary N) is 1. The minimum Gasteiger partial charge on any atom is -0.497 e. The summed E-state index contributed by atoms with van der Waals surface area (Å²) in [5.41, 5.74) is 2.61. The third-order valence-corrected chi connectivity index (χ3v) is 4.07. The van der Waals surface area contributed by atoms with E-state index in [-0.39, 0.29) is 11.5 Å². The smallest absolute Gasteiger partial charge is 0.326 e. The number of benzene rings is 2. The number of rotatable bonds is 7. The molecule has 2 N–H and O–H groups in total. The van der Waals surface area contributed by atoms with Crippen LogP contribution in [-0.4, -0.2) is 30.1 Å². The van der Waals surface area contributed by atoms with Gasteiger partial charge in [0.15, 0.2) is 0 Å². The van der Waals surface area contributed by atoms with E-state index >= 15 is 0 Å². The van der Waals surface area contributed by atoms with Gasteiger partial charge >= 0.3 is 5.97 Å². The van der Waals surface area contributed by atoms with Crippen molar-refractivity contribution in [3.8, 4) is 5.75 Å². The van der Waals surface area contributed by atoms with Crippen LogP contribution < -0.4 is 10.1 Å². The molecule has 26 heavy (non-hydrogen) atoms. The van der Waals surface area contributed by atoms with Crippen LogP contribution >= 0.6 is 11.6 Å². The van der Waals surface area contributed by atoms with E-state index in [4.69, 9.17) is 16.3 Å². The lowest BCUT2D eigenvalue weighted by Crippen LogP contribution is -2.42. The molecular weight excluding hydrogens is 354 g/mol. The number of carboxylic acid groups (broad SMARTS) is 1. The van der Waals surface area contributed by atoms with Gasteiger partial charge in [0.2, 0.25) is 0 Å². The van der Waals surface area contributed by atoms with Crippen molar-refractivity contribution in [3.05, 3.63) is 70.3 Å². The maximum Gasteiger partial charge on any atom is 0.326 e. The van der Waals surface area contributed by atoms with Crippen molar-refractivity contribution in [2.24, 2.45) is 0 Å². The Morgan fingerprint density at radius 3 is 2.31 bits per heavy atom. The van der Waals surface area contributed by atoms with Gasteiger partial charge in [0.1, 0.15) is 16.8 Å². The molecule has 0 saturated heterocycles. The maximum atomic E-state index is 12.2. The summed E-state index contributed by atoms with van der Waals surface area (Å²) in [6.45, 7) is 1.96. The molecule has 0 spiro atoms. The van der Waals surface area contributed by atoms with E-state index in [2.05, 4.69) is 5.32 Å². The lowest BCUT2D eigenvalue weighted by atomic mass is 10.1. The van der Waals surface area contributed by atoms with Crippen LogP contribution in [0.3, 0.4) is 0 Å². The van der Waals surface area contributed by atoms with Crippen LogP contribution in [0, 0.1) is 6.92 Å². The minimum atomic E-state index is -1.13. The van der Waals surface area contributed by atoms with Crippen LogP contribution in [-0.2, 0) is 16.0 Å². The quantitative estimate of drug-likeness (QED) is 0.729. The van der Waals surface area contributed by atoms with Gasteiger partial charge in [0.05, 0.1) is 7.11 Å². The number of aryl methyl sites for hydroxylation is 1. The second-order valence-corrected chi connectivity index (χ2v) is 6.23. The molecule has 2 rings (SSSR count). The average Bonchev–Trinajstić information content (AvgIpc) is 2.63. The summed E-state index contributed by atoms with van der Waals surface area (Å²) < 4.78 is 5.07. The van der Waals surface area contributed by atoms with Gasteiger partial charge in [-0.1, -0.05) is 53.6 Å². The van der Waals surface area contributed by atoms with Crippen LogP contribution in [0.5, 0.6) is 5.75 Å². The van der Waals surface area contributed by atoms with E-state index in [9.17, 15) is 14.7 Å². The normalized spacial score (nSPS) is 12.3. The van der Waals surface area contributed by atoms with Crippen LogP contribution in [0.25, 0.3) is 6.08 Å². The highest BCUT2D eigenvalue weighted by atomic mass is 35.5. The monoisotopic (exact) mass is 373 g/mol. The average molecular weight is 374 g/mol. The molecule has 0 heterocycles. The summed E-state index contributed by atoms with van der Waals surface area (Å²) >= 11 is 6.04. The Morgan fingerprint density at radius 1 is 1.15 bits per heavy atom. The standard InChI is InChI=1S/C20H20ClNO4/c1-13-3-5-14(6-4-13)11-17(21)19(23)22-18(20(24)25)12-15-7-9-16(26-2)10-8-15/h3-11,18H,12H2,1-2H3,(H,22,23)(H,24,25)/t18-/m1/s1. The number of ether oxygens (including phenoxy) is 1. The molecule has 0 aliphatic rings. The summed E-state index contributed by atoms with van der Waals surface area (Å²) in [5.74, 6) is -1.09. The molecule has 0 aromatic heterocycles. The molecule has 0 radical (unpaired) electrons. The molecule has 2 aromatic rings. The summed E-state index contributed by atoms with van der Waals surface area (Å²) in [5, 5.41) is 11.8. The first kappa shape index (κ1) is 19.5. The van der Waals surface area contributed by atoms with Crippen LogP contribution in [0.4, 0.5) is 0 Å². The Morgan fingerprint density at radius 2 is 1.77 bits per heavy atom. The van der Waals surface area contributed by atoms with Crippen molar-refractivity contribution >= 4 is 29.6 Å². The zero-order chi connectivity index (χ0) is 19.1. The Balaban J connectivity index is 2.06. The van der Waals surface area contributed by atoms with E-state index in [0.717, 1.165) is 16.7 Å². The second kappa shape index (κ2) is 9.06. The van der Waals surface area contributed by atoms with Crippen molar-refractivity contribution in [3.63, 3.8) is 0 Å². The molecule has 1 amide bonds. The number of carboxylic acids is 1. The summed E-state index contributed by atoms with van der Waals surface area (Å²) in [6, 6.07) is 13.4. The predicted molar refractivity (Wildman–Crippen MR) is 101 cm³/mol. The van der Waals surface area contributed by atoms with Gasteiger partial charge in [0, 0.05) is 6.42 Å². The fraction of sp³-hybridized carbons (Fsp3) is 0.200.